The number of methoxy groups -OCH3 is 1. The number of carbonyl (C=O) groups is 1. The van der Waals surface area contributed by atoms with Gasteiger partial charge in [0, 0.05) is 12.6 Å². The van der Waals surface area contributed by atoms with Crippen LogP contribution in [0.1, 0.15) is 46.1 Å². The predicted octanol–water partition coefficient (Wildman–Crippen LogP) is 5.13. The molecule has 0 amide bonds. The minimum atomic E-state index is -2.70. The van der Waals surface area contributed by atoms with E-state index in [2.05, 4.69) is 113 Å². The number of rotatable bonds is 10. The molecule has 7 heteroatoms. The van der Waals surface area contributed by atoms with Crippen LogP contribution >= 0.6 is 12.2 Å². The minimum absolute atomic E-state index is 0.120. The SMILES string of the molecule is CCC[C@H]1[C@@H](C(=O)OC)[C@@H](O)C(=S)N1CCc1ccc(O[Si](c2ccccc2)(c2ccccc2)C(C)(C)C)cc1. The molecule has 3 aromatic carbocycles. The Labute approximate surface area is 245 Å². The van der Waals surface area contributed by atoms with Crippen LogP contribution in [0.15, 0.2) is 84.9 Å². The number of aliphatic hydroxyl groups is 1. The highest BCUT2D eigenvalue weighted by atomic mass is 32.1. The third-order valence-electron chi connectivity index (χ3n) is 8.00. The summed E-state index contributed by atoms with van der Waals surface area (Å²) in [6, 6.07) is 29.4. The number of ether oxygens (including phenoxy) is 1. The lowest BCUT2D eigenvalue weighted by Crippen LogP contribution is -2.68. The second-order valence-electron chi connectivity index (χ2n) is 11.5. The molecule has 1 heterocycles. The van der Waals surface area contributed by atoms with Crippen molar-refractivity contribution in [2.45, 2.75) is 64.1 Å². The first kappa shape index (κ1) is 30.0. The first-order valence-electron chi connectivity index (χ1n) is 14.1. The highest BCUT2D eigenvalue weighted by Crippen LogP contribution is 2.38. The molecule has 0 bridgehead atoms. The summed E-state index contributed by atoms with van der Waals surface area (Å²) in [7, 11) is -1.34. The van der Waals surface area contributed by atoms with E-state index >= 15 is 0 Å². The maximum Gasteiger partial charge on any atom is 0.319 e. The molecule has 1 aliphatic rings. The van der Waals surface area contributed by atoms with Crippen LogP contribution in [-0.2, 0) is 16.0 Å². The van der Waals surface area contributed by atoms with Crippen molar-refractivity contribution in [3.63, 3.8) is 0 Å². The zero-order valence-electron chi connectivity index (χ0n) is 24.2. The summed E-state index contributed by atoms with van der Waals surface area (Å²) in [4.78, 5) is 14.9. The maximum absolute atomic E-state index is 12.4. The number of thiocarbonyl (C=S) groups is 1. The van der Waals surface area contributed by atoms with E-state index in [1.807, 2.05) is 4.90 Å². The van der Waals surface area contributed by atoms with E-state index in [4.69, 9.17) is 21.4 Å². The van der Waals surface area contributed by atoms with Crippen LogP contribution in [0.2, 0.25) is 5.04 Å². The van der Waals surface area contributed by atoms with Gasteiger partial charge in [-0.15, -0.1) is 0 Å². The molecule has 0 aliphatic carbocycles. The Kier molecular flexibility index (Phi) is 9.49. The summed E-state index contributed by atoms with van der Waals surface area (Å²) in [6.07, 6.45) is 1.40. The van der Waals surface area contributed by atoms with Crippen LogP contribution in [0.5, 0.6) is 5.75 Å². The molecule has 3 atom stereocenters. The maximum atomic E-state index is 12.4. The molecular formula is C33H41NO4SSi. The normalized spacial score (nSPS) is 19.5. The van der Waals surface area contributed by atoms with E-state index in [-0.39, 0.29) is 11.1 Å². The summed E-state index contributed by atoms with van der Waals surface area (Å²) < 4.78 is 12.1. The van der Waals surface area contributed by atoms with Crippen LogP contribution in [-0.4, -0.2) is 55.1 Å². The molecule has 0 unspecified atom stereocenters. The molecule has 4 rings (SSSR count). The summed E-state index contributed by atoms with van der Waals surface area (Å²) in [5.41, 5.74) is 1.14. The molecule has 0 saturated carbocycles. The minimum Gasteiger partial charge on any atom is -0.534 e. The number of likely N-dealkylation sites (tertiary alicyclic amines) is 1. The van der Waals surface area contributed by atoms with E-state index in [1.54, 1.807) is 0 Å². The molecule has 1 saturated heterocycles. The van der Waals surface area contributed by atoms with E-state index in [0.717, 1.165) is 30.6 Å². The fourth-order valence-electron chi connectivity index (χ4n) is 6.02. The Morgan fingerprint density at radius 2 is 1.50 bits per heavy atom. The molecule has 0 spiro atoms. The lowest BCUT2D eigenvalue weighted by atomic mass is 9.94. The van der Waals surface area contributed by atoms with Gasteiger partial charge in [0.25, 0.3) is 0 Å². The fourth-order valence-corrected chi connectivity index (χ4v) is 10.8. The van der Waals surface area contributed by atoms with Gasteiger partial charge < -0.3 is 19.2 Å². The third-order valence-corrected chi connectivity index (χ3v) is 13.4. The predicted molar refractivity (Wildman–Crippen MR) is 168 cm³/mol. The van der Waals surface area contributed by atoms with Gasteiger partial charge in [-0.2, -0.15) is 0 Å². The van der Waals surface area contributed by atoms with Gasteiger partial charge >= 0.3 is 14.3 Å². The molecule has 3 aromatic rings. The van der Waals surface area contributed by atoms with Crippen LogP contribution in [0.3, 0.4) is 0 Å². The van der Waals surface area contributed by atoms with Crippen molar-refractivity contribution in [2.75, 3.05) is 13.7 Å². The molecule has 1 fully saturated rings. The number of esters is 1. The molecule has 40 heavy (non-hydrogen) atoms. The fraction of sp³-hybridized carbons (Fsp3) is 0.394. The highest BCUT2D eigenvalue weighted by molar-refractivity contribution is 7.80. The van der Waals surface area contributed by atoms with Crippen molar-refractivity contribution in [3.8, 4) is 5.75 Å². The van der Waals surface area contributed by atoms with E-state index in [0.29, 0.717) is 11.5 Å². The number of nitrogens with zero attached hydrogens (tertiary/aromatic N) is 1. The van der Waals surface area contributed by atoms with E-state index in [1.165, 1.54) is 17.5 Å². The van der Waals surface area contributed by atoms with Crippen LogP contribution in [0.4, 0.5) is 0 Å². The average Bonchev–Trinajstić information content (AvgIpc) is 3.19. The highest BCUT2D eigenvalue weighted by Gasteiger charge is 2.52. The standard InChI is InChI=1S/C33H41NO4SSi/c1-6-13-28-29(32(36)37-5)30(35)31(39)34(28)23-22-24-18-20-25(21-19-24)38-40(33(2,3)4,26-14-9-7-10-15-26)27-16-11-8-12-17-27/h7-12,14-21,28-30,35H,6,13,22-23H2,1-5H3/t28-,29+,30+/m0/s1. The molecule has 5 nitrogen and oxygen atoms in total. The smallest absolute Gasteiger partial charge is 0.319 e. The van der Waals surface area contributed by atoms with Gasteiger partial charge in [-0.05, 0) is 45.9 Å². The van der Waals surface area contributed by atoms with Crippen LogP contribution in [0, 0.1) is 5.92 Å². The van der Waals surface area contributed by atoms with Crippen LogP contribution < -0.4 is 14.8 Å². The van der Waals surface area contributed by atoms with Gasteiger partial charge in [-0.25, -0.2) is 0 Å². The Morgan fingerprint density at radius 3 is 1.98 bits per heavy atom. The summed E-state index contributed by atoms with van der Waals surface area (Å²) in [5, 5.41) is 13.1. The van der Waals surface area contributed by atoms with Crippen molar-refractivity contribution >= 4 is 41.9 Å². The van der Waals surface area contributed by atoms with E-state index in [9.17, 15) is 9.90 Å². The van der Waals surface area contributed by atoms with Gasteiger partial charge in [0.05, 0.1) is 7.11 Å². The lowest BCUT2D eigenvalue weighted by Gasteiger charge is -2.43. The van der Waals surface area contributed by atoms with Crippen molar-refractivity contribution in [3.05, 3.63) is 90.5 Å². The van der Waals surface area contributed by atoms with Crippen molar-refractivity contribution in [1.29, 1.82) is 0 Å². The zero-order valence-corrected chi connectivity index (χ0v) is 26.0. The Morgan fingerprint density at radius 1 is 0.950 bits per heavy atom. The first-order valence-corrected chi connectivity index (χ1v) is 16.4. The Bertz CT molecular complexity index is 1240. The van der Waals surface area contributed by atoms with Gasteiger partial charge in [0.15, 0.2) is 0 Å². The largest absolute Gasteiger partial charge is 0.534 e. The summed E-state index contributed by atoms with van der Waals surface area (Å²) in [5.74, 6) is -0.194. The number of hydrogen-bond donors (Lipinski definition) is 1. The Balaban J connectivity index is 1.57. The quantitative estimate of drug-likeness (QED) is 0.206. The Hall–Kier alpha value is -3.00. The van der Waals surface area contributed by atoms with Gasteiger partial charge in [-0.3, -0.25) is 4.79 Å². The number of hydrogen-bond acceptors (Lipinski definition) is 5. The van der Waals surface area contributed by atoms with Crippen LogP contribution in [0.25, 0.3) is 0 Å². The van der Waals surface area contributed by atoms with Crippen molar-refractivity contribution < 1.29 is 19.1 Å². The molecule has 1 N–H and O–H groups in total. The number of benzene rings is 3. The third kappa shape index (κ3) is 5.87. The molecule has 1 aliphatic heterocycles. The van der Waals surface area contributed by atoms with E-state index < -0.39 is 26.3 Å². The topological polar surface area (TPSA) is 59.0 Å². The summed E-state index contributed by atoms with van der Waals surface area (Å²) in [6.45, 7) is 9.52. The summed E-state index contributed by atoms with van der Waals surface area (Å²) >= 11 is 5.57. The van der Waals surface area contributed by atoms with Crippen molar-refractivity contribution in [1.82, 2.24) is 4.90 Å². The first-order chi connectivity index (χ1) is 19.1. The average molecular weight is 576 g/mol. The molecule has 212 valence electrons. The second-order valence-corrected chi connectivity index (χ2v) is 16.2. The number of carbonyl (C=O) groups excluding carboxylic acids is 1. The zero-order chi connectivity index (χ0) is 28.9. The van der Waals surface area contributed by atoms with Gasteiger partial charge in [0.1, 0.15) is 22.8 Å². The van der Waals surface area contributed by atoms with Crippen molar-refractivity contribution in [2.24, 2.45) is 5.92 Å². The van der Waals surface area contributed by atoms with Gasteiger partial charge in [0.2, 0.25) is 0 Å². The monoisotopic (exact) mass is 575 g/mol. The molecule has 0 aromatic heterocycles. The number of aliphatic hydroxyl groups excluding tert-OH is 1. The van der Waals surface area contributed by atoms with Gasteiger partial charge in [-0.1, -0.05) is 119 Å². The lowest BCUT2D eigenvalue weighted by molar-refractivity contribution is -0.148. The molecular weight excluding hydrogens is 535 g/mol. The molecule has 0 radical (unpaired) electrons. The second kappa shape index (κ2) is 12.7.